The molecule has 0 bridgehead atoms. The van der Waals surface area contributed by atoms with E-state index in [1.165, 1.54) is 18.3 Å². The fourth-order valence-corrected chi connectivity index (χ4v) is 2.84. The van der Waals surface area contributed by atoms with Gasteiger partial charge >= 0.3 is 5.97 Å². The molecule has 2 N–H and O–H groups in total. The Balaban J connectivity index is 1.60. The van der Waals surface area contributed by atoms with Crippen molar-refractivity contribution in [2.45, 2.75) is 19.1 Å². The zero-order chi connectivity index (χ0) is 19.4. The first-order valence-electron chi connectivity index (χ1n) is 8.09. The first kappa shape index (κ1) is 19.1. The molecule has 0 radical (unpaired) electrons. The van der Waals surface area contributed by atoms with Gasteiger partial charge in [-0.15, -0.1) is 0 Å². The van der Waals surface area contributed by atoms with Gasteiger partial charge in [0, 0.05) is 5.56 Å². The number of rotatable bonds is 6. The highest BCUT2D eigenvalue weighted by atomic mass is 35.5. The number of carboxylic acid groups (broad SMARTS) is 1. The van der Waals surface area contributed by atoms with Crippen LogP contribution in [0.15, 0.2) is 39.9 Å². The fourth-order valence-electron chi connectivity index (χ4n) is 2.58. The molecule has 0 aliphatic carbocycles. The molecule has 1 saturated heterocycles. The summed E-state index contributed by atoms with van der Waals surface area (Å²) in [6.45, 7) is 2.61. The van der Waals surface area contributed by atoms with Crippen LogP contribution in [0.5, 0.6) is 0 Å². The van der Waals surface area contributed by atoms with Crippen LogP contribution in [0.3, 0.4) is 0 Å². The molecule has 0 atom stereocenters. The van der Waals surface area contributed by atoms with Gasteiger partial charge in [0.1, 0.15) is 11.5 Å². The monoisotopic (exact) mass is 392 g/mol. The van der Waals surface area contributed by atoms with E-state index >= 15 is 0 Å². The number of hydrogen-bond acceptors (Lipinski definition) is 6. The van der Waals surface area contributed by atoms with Crippen LogP contribution < -0.4 is 5.43 Å². The summed E-state index contributed by atoms with van der Waals surface area (Å²) in [5.74, 6) is -1.47. The van der Waals surface area contributed by atoms with Crippen LogP contribution in [-0.2, 0) is 14.3 Å². The largest absolute Gasteiger partial charge is 0.478 e. The number of carboxylic acids is 1. The zero-order valence-electron chi connectivity index (χ0n) is 14.4. The maximum atomic E-state index is 11.9. The van der Waals surface area contributed by atoms with Gasteiger partial charge in [-0.2, -0.15) is 5.10 Å². The number of furan rings is 1. The molecule has 1 aliphatic rings. The molecule has 0 saturated carbocycles. The molecule has 2 heterocycles. The molecule has 142 valence electrons. The lowest BCUT2D eigenvalue weighted by Gasteiger charge is -2.20. The van der Waals surface area contributed by atoms with Gasteiger partial charge in [0.15, 0.2) is 5.79 Å². The maximum absolute atomic E-state index is 11.9. The van der Waals surface area contributed by atoms with E-state index in [9.17, 15) is 9.59 Å². The van der Waals surface area contributed by atoms with Crippen LogP contribution in [0.25, 0.3) is 11.3 Å². The molecular formula is C18H17ClN2O6. The average molecular weight is 393 g/mol. The Morgan fingerprint density at radius 3 is 2.70 bits per heavy atom. The first-order valence-corrected chi connectivity index (χ1v) is 8.47. The SMILES string of the molecule is CC1(CC(=O)N/N=C/c2ccc(-c3ccc(C(=O)O)c(Cl)c3)o2)OCCO1. The van der Waals surface area contributed by atoms with Crippen LogP contribution in [-0.4, -0.2) is 42.2 Å². The Morgan fingerprint density at radius 1 is 1.30 bits per heavy atom. The number of aromatic carboxylic acids is 1. The molecule has 0 unspecified atom stereocenters. The van der Waals surface area contributed by atoms with E-state index < -0.39 is 11.8 Å². The minimum absolute atomic E-state index is 0.0142. The molecule has 8 nitrogen and oxygen atoms in total. The van der Waals surface area contributed by atoms with Crippen molar-refractivity contribution in [1.82, 2.24) is 5.43 Å². The maximum Gasteiger partial charge on any atom is 0.337 e. The van der Waals surface area contributed by atoms with Crippen molar-refractivity contribution in [3.63, 3.8) is 0 Å². The topological polar surface area (TPSA) is 110 Å². The van der Waals surface area contributed by atoms with E-state index in [1.807, 2.05) is 0 Å². The highest BCUT2D eigenvalue weighted by Gasteiger charge is 2.33. The van der Waals surface area contributed by atoms with Gasteiger partial charge in [-0.25, -0.2) is 10.2 Å². The van der Waals surface area contributed by atoms with Gasteiger partial charge in [-0.05, 0) is 31.2 Å². The number of ether oxygens (including phenoxy) is 2. The molecule has 2 aromatic rings. The lowest BCUT2D eigenvalue weighted by Crippen LogP contribution is -2.33. The molecule has 1 amide bonds. The normalized spacial score (nSPS) is 15.9. The molecular weight excluding hydrogens is 376 g/mol. The average Bonchev–Trinajstić information content (AvgIpc) is 3.23. The second kappa shape index (κ2) is 7.91. The van der Waals surface area contributed by atoms with Crippen LogP contribution >= 0.6 is 11.6 Å². The number of carbonyl (C=O) groups is 2. The number of amides is 1. The third-order valence-corrected chi connectivity index (χ3v) is 4.18. The molecule has 27 heavy (non-hydrogen) atoms. The summed E-state index contributed by atoms with van der Waals surface area (Å²) < 4.78 is 16.3. The van der Waals surface area contributed by atoms with Crippen molar-refractivity contribution in [2.24, 2.45) is 5.10 Å². The summed E-state index contributed by atoms with van der Waals surface area (Å²) in [7, 11) is 0. The highest BCUT2D eigenvalue weighted by molar-refractivity contribution is 6.33. The lowest BCUT2D eigenvalue weighted by molar-refractivity contribution is -0.159. The van der Waals surface area contributed by atoms with Crippen LogP contribution in [0.2, 0.25) is 5.02 Å². The Labute approximate surface area is 159 Å². The molecule has 1 aromatic heterocycles. The second-order valence-electron chi connectivity index (χ2n) is 6.00. The van der Waals surface area contributed by atoms with E-state index in [1.54, 1.807) is 25.1 Å². The third kappa shape index (κ3) is 4.73. The molecule has 9 heteroatoms. The van der Waals surface area contributed by atoms with Crippen molar-refractivity contribution in [2.75, 3.05) is 13.2 Å². The van der Waals surface area contributed by atoms with Gasteiger partial charge in [0.2, 0.25) is 5.91 Å². The Kier molecular flexibility index (Phi) is 5.59. The number of nitrogens with zero attached hydrogens (tertiary/aromatic N) is 1. The van der Waals surface area contributed by atoms with E-state index in [-0.39, 0.29) is 22.9 Å². The summed E-state index contributed by atoms with van der Waals surface area (Å²) in [6.07, 6.45) is 1.38. The molecule has 0 spiro atoms. The summed E-state index contributed by atoms with van der Waals surface area (Å²) in [5, 5.41) is 13.0. The van der Waals surface area contributed by atoms with E-state index in [2.05, 4.69) is 10.5 Å². The Bertz CT molecular complexity index is 886. The summed E-state index contributed by atoms with van der Waals surface area (Å²) in [5.41, 5.74) is 3.02. The van der Waals surface area contributed by atoms with Crippen LogP contribution in [0, 0.1) is 0 Å². The summed E-state index contributed by atoms with van der Waals surface area (Å²) >= 11 is 5.96. The number of nitrogens with one attached hydrogen (secondary N) is 1. The van der Waals surface area contributed by atoms with Gasteiger partial charge in [-0.1, -0.05) is 17.7 Å². The zero-order valence-corrected chi connectivity index (χ0v) is 15.2. The second-order valence-corrected chi connectivity index (χ2v) is 6.41. The quantitative estimate of drug-likeness (QED) is 0.577. The van der Waals surface area contributed by atoms with Crippen LogP contribution in [0.4, 0.5) is 0 Å². The molecule has 1 aliphatic heterocycles. The standard InChI is InChI=1S/C18H17ClN2O6/c1-18(25-6-7-26-18)9-16(22)21-20-10-12-3-5-15(27-12)11-2-4-13(17(23)24)14(19)8-11/h2-5,8,10H,6-7,9H2,1H3,(H,21,22)(H,23,24)/b20-10+. The molecule has 1 fully saturated rings. The van der Waals surface area contributed by atoms with Crippen molar-refractivity contribution in [3.8, 4) is 11.3 Å². The highest BCUT2D eigenvalue weighted by Crippen LogP contribution is 2.27. The number of hydrazone groups is 1. The van der Waals surface area contributed by atoms with Crippen molar-refractivity contribution < 1.29 is 28.6 Å². The summed E-state index contributed by atoms with van der Waals surface area (Å²) in [4.78, 5) is 22.9. The first-order chi connectivity index (χ1) is 12.9. The Morgan fingerprint density at radius 2 is 2.04 bits per heavy atom. The number of benzene rings is 1. The van der Waals surface area contributed by atoms with Gasteiger partial charge < -0.3 is 19.0 Å². The molecule has 3 rings (SSSR count). The van der Waals surface area contributed by atoms with Crippen molar-refractivity contribution in [3.05, 3.63) is 46.7 Å². The number of halogens is 1. The summed E-state index contributed by atoms with van der Waals surface area (Å²) in [6, 6.07) is 7.86. The smallest absolute Gasteiger partial charge is 0.337 e. The van der Waals surface area contributed by atoms with Gasteiger partial charge in [-0.3, -0.25) is 4.79 Å². The minimum Gasteiger partial charge on any atom is -0.478 e. The van der Waals surface area contributed by atoms with Crippen molar-refractivity contribution in [1.29, 1.82) is 0 Å². The number of carbonyl (C=O) groups excluding carboxylic acids is 1. The molecule has 1 aromatic carbocycles. The number of hydrogen-bond donors (Lipinski definition) is 2. The lowest BCUT2D eigenvalue weighted by atomic mass is 10.1. The minimum atomic E-state index is -1.10. The van der Waals surface area contributed by atoms with E-state index in [0.29, 0.717) is 30.3 Å². The fraction of sp³-hybridized carbons (Fsp3) is 0.278. The predicted molar refractivity (Wildman–Crippen MR) is 96.8 cm³/mol. The van der Waals surface area contributed by atoms with Gasteiger partial charge in [0.05, 0.1) is 36.4 Å². The van der Waals surface area contributed by atoms with Crippen molar-refractivity contribution >= 4 is 29.7 Å². The third-order valence-electron chi connectivity index (χ3n) is 3.87. The Hall–Kier alpha value is -2.68. The van der Waals surface area contributed by atoms with Crippen LogP contribution in [0.1, 0.15) is 29.5 Å². The van der Waals surface area contributed by atoms with Gasteiger partial charge in [0.25, 0.3) is 0 Å². The predicted octanol–water partition coefficient (Wildman–Crippen LogP) is 2.90. The van der Waals surface area contributed by atoms with E-state index in [4.69, 9.17) is 30.6 Å². The van der Waals surface area contributed by atoms with E-state index in [0.717, 1.165) is 0 Å².